The average molecular weight is 157 g/mol. The highest BCUT2D eigenvalue weighted by molar-refractivity contribution is 8.00. The Morgan fingerprint density at radius 1 is 1.70 bits per heavy atom. The molecule has 1 aliphatic heterocycles. The Balaban J connectivity index is 2.72. The molecule has 0 aromatic heterocycles. The van der Waals surface area contributed by atoms with Crippen molar-refractivity contribution in [2.45, 2.75) is 12.8 Å². The maximum Gasteiger partial charge on any atom is 0.170 e. The molecule has 56 valence electrons. The highest BCUT2D eigenvalue weighted by Gasteiger charge is 2.09. The minimum absolute atomic E-state index is 0.789. The SMILES string of the molecule is C=CC1=C(SN)OCCC1. The summed E-state index contributed by atoms with van der Waals surface area (Å²) in [5.41, 5.74) is 1.14. The van der Waals surface area contributed by atoms with Crippen molar-refractivity contribution in [2.75, 3.05) is 6.61 Å². The van der Waals surface area contributed by atoms with Crippen LogP contribution in [0.2, 0.25) is 0 Å². The minimum atomic E-state index is 0.789. The first kappa shape index (κ1) is 7.69. The molecule has 1 heterocycles. The fourth-order valence-corrected chi connectivity index (χ4v) is 1.41. The second kappa shape index (κ2) is 3.68. The van der Waals surface area contributed by atoms with Crippen molar-refractivity contribution in [1.29, 1.82) is 0 Å². The average Bonchev–Trinajstić information content (AvgIpc) is 2.04. The molecule has 0 unspecified atom stereocenters. The monoisotopic (exact) mass is 157 g/mol. The van der Waals surface area contributed by atoms with E-state index in [1.165, 1.54) is 0 Å². The fraction of sp³-hybridized carbons (Fsp3) is 0.429. The molecule has 0 amide bonds. The van der Waals surface area contributed by atoms with E-state index in [0.717, 1.165) is 42.1 Å². The van der Waals surface area contributed by atoms with Crippen LogP contribution in [-0.4, -0.2) is 6.61 Å². The van der Waals surface area contributed by atoms with E-state index in [1.807, 2.05) is 6.08 Å². The molecule has 0 bridgehead atoms. The molecule has 0 aliphatic carbocycles. The van der Waals surface area contributed by atoms with Gasteiger partial charge in [0.05, 0.1) is 6.61 Å². The summed E-state index contributed by atoms with van der Waals surface area (Å²) in [5, 5.41) is 6.19. The normalized spacial score (nSPS) is 18.5. The number of ether oxygens (including phenoxy) is 1. The molecule has 0 atom stereocenters. The number of rotatable bonds is 2. The first-order chi connectivity index (χ1) is 4.88. The molecular formula is C7H11NOS. The molecule has 1 rings (SSSR count). The van der Waals surface area contributed by atoms with Crippen molar-refractivity contribution in [3.05, 3.63) is 23.3 Å². The van der Waals surface area contributed by atoms with E-state index in [4.69, 9.17) is 9.88 Å². The van der Waals surface area contributed by atoms with Crippen LogP contribution in [0.4, 0.5) is 0 Å². The lowest BCUT2D eigenvalue weighted by molar-refractivity contribution is 0.216. The molecule has 0 saturated heterocycles. The molecule has 0 aromatic carbocycles. The molecule has 0 radical (unpaired) electrons. The second-order valence-corrected chi connectivity index (χ2v) is 2.69. The van der Waals surface area contributed by atoms with Crippen LogP contribution in [0.3, 0.4) is 0 Å². The summed E-state index contributed by atoms with van der Waals surface area (Å²) in [6.45, 7) is 4.46. The molecular weight excluding hydrogens is 146 g/mol. The van der Waals surface area contributed by atoms with Gasteiger partial charge in [-0.05, 0) is 24.8 Å². The Kier molecular flexibility index (Phi) is 2.83. The third-order valence-corrected chi connectivity index (χ3v) is 2.03. The van der Waals surface area contributed by atoms with Gasteiger partial charge >= 0.3 is 0 Å². The predicted molar refractivity (Wildman–Crippen MR) is 44.2 cm³/mol. The zero-order chi connectivity index (χ0) is 7.40. The Hall–Kier alpha value is -0.410. The first-order valence-corrected chi connectivity index (χ1v) is 4.11. The molecule has 2 N–H and O–H groups in total. The number of hydrogen-bond donors (Lipinski definition) is 1. The molecule has 1 aliphatic rings. The van der Waals surface area contributed by atoms with Crippen molar-refractivity contribution in [3.63, 3.8) is 0 Å². The van der Waals surface area contributed by atoms with Crippen molar-refractivity contribution in [2.24, 2.45) is 5.14 Å². The molecule has 10 heavy (non-hydrogen) atoms. The van der Waals surface area contributed by atoms with Crippen LogP contribution in [0.1, 0.15) is 12.8 Å². The molecule has 0 aromatic rings. The summed E-state index contributed by atoms with van der Waals surface area (Å²) < 4.78 is 5.28. The van der Waals surface area contributed by atoms with Crippen molar-refractivity contribution >= 4 is 11.9 Å². The summed E-state index contributed by atoms with van der Waals surface area (Å²) in [7, 11) is 0. The van der Waals surface area contributed by atoms with Gasteiger partial charge in [-0.2, -0.15) is 0 Å². The molecule has 2 nitrogen and oxygen atoms in total. The smallest absolute Gasteiger partial charge is 0.170 e. The zero-order valence-electron chi connectivity index (χ0n) is 5.80. The molecule has 0 saturated carbocycles. The van der Waals surface area contributed by atoms with Gasteiger partial charge in [-0.3, -0.25) is 5.14 Å². The standard InChI is InChI=1S/C7H11NOS/c1-2-6-4-3-5-9-7(6)10-8/h2H,1,3-5,8H2. The summed E-state index contributed by atoms with van der Waals surface area (Å²) in [4.78, 5) is 0. The zero-order valence-corrected chi connectivity index (χ0v) is 6.62. The van der Waals surface area contributed by atoms with Crippen LogP contribution >= 0.6 is 11.9 Å². The highest BCUT2D eigenvalue weighted by Crippen LogP contribution is 2.25. The maximum absolute atomic E-state index is 5.36. The van der Waals surface area contributed by atoms with Gasteiger partial charge in [-0.15, -0.1) is 0 Å². The molecule has 3 heteroatoms. The summed E-state index contributed by atoms with van der Waals surface area (Å²) in [5.74, 6) is 0. The highest BCUT2D eigenvalue weighted by atomic mass is 32.2. The quantitative estimate of drug-likeness (QED) is 0.621. The molecule has 0 spiro atoms. The summed E-state index contributed by atoms with van der Waals surface area (Å²) in [6, 6.07) is 0. The van der Waals surface area contributed by atoms with E-state index < -0.39 is 0 Å². The maximum atomic E-state index is 5.36. The predicted octanol–water partition coefficient (Wildman–Crippen LogP) is 1.80. The topological polar surface area (TPSA) is 35.2 Å². The van der Waals surface area contributed by atoms with Crippen LogP contribution in [0, 0.1) is 0 Å². The van der Waals surface area contributed by atoms with Gasteiger partial charge in [0.15, 0.2) is 5.09 Å². The van der Waals surface area contributed by atoms with Gasteiger partial charge < -0.3 is 4.74 Å². The Labute approximate surface area is 65.3 Å². The van der Waals surface area contributed by atoms with Gasteiger partial charge in [0.25, 0.3) is 0 Å². The Morgan fingerprint density at radius 3 is 3.00 bits per heavy atom. The van der Waals surface area contributed by atoms with Crippen LogP contribution in [0.5, 0.6) is 0 Å². The first-order valence-electron chi connectivity index (χ1n) is 3.23. The van der Waals surface area contributed by atoms with Gasteiger partial charge in [0.2, 0.25) is 0 Å². The Bertz CT molecular complexity index is 165. The van der Waals surface area contributed by atoms with Crippen LogP contribution in [-0.2, 0) is 4.74 Å². The van der Waals surface area contributed by atoms with Crippen LogP contribution in [0.15, 0.2) is 23.3 Å². The van der Waals surface area contributed by atoms with E-state index in [1.54, 1.807) is 0 Å². The lowest BCUT2D eigenvalue weighted by Crippen LogP contribution is -2.04. The second-order valence-electron chi connectivity index (χ2n) is 2.09. The molecule has 0 fully saturated rings. The summed E-state index contributed by atoms with van der Waals surface area (Å²) >= 11 is 1.16. The largest absolute Gasteiger partial charge is 0.486 e. The third kappa shape index (κ3) is 1.55. The number of allylic oxidation sites excluding steroid dienone is 2. The number of nitrogens with two attached hydrogens (primary N) is 1. The van der Waals surface area contributed by atoms with E-state index in [-0.39, 0.29) is 0 Å². The van der Waals surface area contributed by atoms with Gasteiger partial charge in [-0.25, -0.2) is 0 Å². The van der Waals surface area contributed by atoms with Gasteiger partial charge in [-0.1, -0.05) is 12.7 Å². The lowest BCUT2D eigenvalue weighted by Gasteiger charge is -2.16. The van der Waals surface area contributed by atoms with Crippen LogP contribution < -0.4 is 5.14 Å². The lowest BCUT2D eigenvalue weighted by atomic mass is 10.1. The summed E-state index contributed by atoms with van der Waals surface area (Å²) in [6.07, 6.45) is 3.93. The third-order valence-electron chi connectivity index (χ3n) is 1.44. The van der Waals surface area contributed by atoms with Crippen molar-refractivity contribution < 1.29 is 4.74 Å². The Morgan fingerprint density at radius 2 is 2.50 bits per heavy atom. The van der Waals surface area contributed by atoms with E-state index >= 15 is 0 Å². The van der Waals surface area contributed by atoms with E-state index in [2.05, 4.69) is 6.58 Å². The van der Waals surface area contributed by atoms with Gasteiger partial charge in [0, 0.05) is 5.57 Å². The van der Waals surface area contributed by atoms with Crippen molar-refractivity contribution in [1.82, 2.24) is 0 Å². The number of hydrogen-bond acceptors (Lipinski definition) is 3. The van der Waals surface area contributed by atoms with Crippen molar-refractivity contribution in [3.8, 4) is 0 Å². The minimum Gasteiger partial charge on any atom is -0.486 e. The fourth-order valence-electron chi connectivity index (χ4n) is 0.917. The van der Waals surface area contributed by atoms with E-state index in [0.29, 0.717) is 0 Å². The van der Waals surface area contributed by atoms with Gasteiger partial charge in [0.1, 0.15) is 0 Å². The van der Waals surface area contributed by atoms with Crippen LogP contribution in [0.25, 0.3) is 0 Å². The van der Waals surface area contributed by atoms with E-state index in [9.17, 15) is 0 Å².